The van der Waals surface area contributed by atoms with Crippen LogP contribution in [0.15, 0.2) is 60.9 Å². The summed E-state index contributed by atoms with van der Waals surface area (Å²) in [5.74, 6) is 0.183. The second-order valence-corrected chi connectivity index (χ2v) is 13.0. The van der Waals surface area contributed by atoms with Crippen LogP contribution < -0.4 is 10.1 Å². The molecule has 0 radical (unpaired) electrons. The summed E-state index contributed by atoms with van der Waals surface area (Å²) in [4.78, 5) is 39.0. The molecule has 2 aromatic carbocycles. The first kappa shape index (κ1) is 30.6. The number of rotatable bonds is 7. The van der Waals surface area contributed by atoms with Crippen molar-refractivity contribution >= 4 is 50.8 Å². The predicted octanol–water partition coefficient (Wildman–Crippen LogP) is 7.80. The number of pyridine rings is 2. The van der Waals surface area contributed by atoms with Crippen molar-refractivity contribution in [2.24, 2.45) is 0 Å². The summed E-state index contributed by atoms with van der Waals surface area (Å²) in [5, 5.41) is 4.09. The molecule has 0 unspecified atom stereocenters. The van der Waals surface area contributed by atoms with Gasteiger partial charge in [-0.05, 0) is 82.1 Å². The fourth-order valence-electron chi connectivity index (χ4n) is 5.19. The normalized spacial score (nSPS) is 13.6. The van der Waals surface area contributed by atoms with Gasteiger partial charge in [-0.15, -0.1) is 11.3 Å². The van der Waals surface area contributed by atoms with E-state index in [0.29, 0.717) is 22.3 Å². The number of nitrogens with zero attached hydrogens (tertiary/aromatic N) is 3. The van der Waals surface area contributed by atoms with Gasteiger partial charge in [0.05, 0.1) is 28.1 Å². The van der Waals surface area contributed by atoms with Gasteiger partial charge in [-0.1, -0.05) is 23.7 Å². The monoisotopic (exact) mass is 642 g/mol. The quantitative estimate of drug-likeness (QED) is 0.179. The van der Waals surface area contributed by atoms with E-state index in [-0.39, 0.29) is 19.1 Å². The number of halogens is 1. The number of carbonyl (C=O) groups excluding carboxylic acids is 2. The minimum Gasteiger partial charge on any atom is -0.480 e. The number of aryl methyl sites for hydroxylation is 1. The van der Waals surface area contributed by atoms with Gasteiger partial charge in [0.25, 0.3) is 5.91 Å². The minimum atomic E-state index is -0.957. The van der Waals surface area contributed by atoms with Gasteiger partial charge in [0.2, 0.25) is 0 Å². The van der Waals surface area contributed by atoms with Crippen molar-refractivity contribution in [2.75, 3.05) is 18.5 Å². The third-order valence-corrected chi connectivity index (χ3v) is 8.46. The van der Waals surface area contributed by atoms with Crippen LogP contribution in [0.2, 0.25) is 5.02 Å². The summed E-state index contributed by atoms with van der Waals surface area (Å²) < 4.78 is 18.4. The van der Waals surface area contributed by atoms with E-state index in [9.17, 15) is 9.59 Å². The Hall–Kier alpha value is -4.38. The van der Waals surface area contributed by atoms with Crippen LogP contribution >= 0.6 is 22.9 Å². The van der Waals surface area contributed by atoms with Crippen LogP contribution in [-0.2, 0) is 19.1 Å². The molecule has 6 rings (SSSR count). The zero-order valence-corrected chi connectivity index (χ0v) is 27.0. The van der Waals surface area contributed by atoms with E-state index in [1.54, 1.807) is 19.3 Å². The van der Waals surface area contributed by atoms with Crippen LogP contribution in [-0.4, -0.2) is 45.6 Å². The molecule has 0 aliphatic carbocycles. The van der Waals surface area contributed by atoms with Crippen molar-refractivity contribution in [3.63, 3.8) is 0 Å². The second kappa shape index (κ2) is 12.2. The van der Waals surface area contributed by atoms with Crippen molar-refractivity contribution in [3.05, 3.63) is 77.1 Å². The first-order valence-electron chi connectivity index (χ1n) is 14.4. The topological polar surface area (TPSA) is 113 Å². The molecule has 0 bridgehead atoms. The molecule has 0 fully saturated rings. The number of aromatic nitrogens is 3. The number of hydrogen-bond acceptors (Lipinski definition) is 9. The van der Waals surface area contributed by atoms with Gasteiger partial charge < -0.3 is 19.5 Å². The summed E-state index contributed by atoms with van der Waals surface area (Å²) in [6.45, 7) is 9.67. The molecule has 3 aromatic heterocycles. The molecular weight excluding hydrogens is 612 g/mol. The number of amides is 1. The largest absolute Gasteiger partial charge is 0.480 e. The number of ether oxygens (including phenoxy) is 3. The molecule has 5 aromatic rings. The Kier molecular flexibility index (Phi) is 8.30. The number of thiazole rings is 1. The smallest absolute Gasteiger partial charge is 0.339 e. The summed E-state index contributed by atoms with van der Waals surface area (Å²) in [5.41, 5.74) is 5.77. The molecular formula is C34H31ClN4O5S. The minimum absolute atomic E-state index is 0.0630. The van der Waals surface area contributed by atoms with E-state index >= 15 is 0 Å². The lowest BCUT2D eigenvalue weighted by Gasteiger charge is -2.29. The molecule has 0 saturated heterocycles. The Morgan fingerprint density at radius 1 is 1.09 bits per heavy atom. The van der Waals surface area contributed by atoms with E-state index in [2.05, 4.69) is 15.3 Å². The Labute approximate surface area is 269 Å². The number of carbonyl (C=O) groups is 2. The number of fused-ring (bicyclic) bond motifs is 2. The van der Waals surface area contributed by atoms with E-state index in [4.69, 9.17) is 30.8 Å². The average molecular weight is 643 g/mol. The number of hydrogen-bond donors (Lipinski definition) is 1. The van der Waals surface area contributed by atoms with Gasteiger partial charge in [-0.3, -0.25) is 9.78 Å². The van der Waals surface area contributed by atoms with E-state index in [0.717, 1.165) is 48.6 Å². The molecule has 0 spiro atoms. The third-order valence-electron chi connectivity index (χ3n) is 7.07. The second-order valence-electron chi connectivity index (χ2n) is 11.6. The van der Waals surface area contributed by atoms with Crippen molar-refractivity contribution in [1.82, 2.24) is 15.0 Å². The summed E-state index contributed by atoms with van der Waals surface area (Å²) in [6, 6.07) is 15.2. The lowest BCUT2D eigenvalue weighted by Crippen LogP contribution is -2.29. The fraction of sp³-hybridized carbons (Fsp3) is 0.265. The van der Waals surface area contributed by atoms with Crippen molar-refractivity contribution in [3.8, 4) is 38.7 Å². The highest BCUT2D eigenvalue weighted by molar-refractivity contribution is 7.22. The SMILES string of the molecule is CCOC(=O)[C@@H](OC(C)(C)C)c1c(C)cc2nc(-c3ccnc(-c4cnc5c(c4)OCC(=O)N5)c3)sc2c1-c1ccc(Cl)cc1. The maximum atomic E-state index is 13.4. The maximum absolute atomic E-state index is 13.4. The van der Waals surface area contributed by atoms with E-state index in [1.165, 1.54) is 11.3 Å². The Morgan fingerprint density at radius 3 is 2.60 bits per heavy atom. The van der Waals surface area contributed by atoms with Gasteiger partial charge in [-0.25, -0.2) is 14.8 Å². The standard InChI is InChI=1S/C34H31ClN4O5S/c1-6-42-33(41)29(44-34(3,4)5)27-18(2)13-24-30(28(27)19-7-9-22(35)10-8-19)45-32(38-24)20-11-12-36-23(14-20)21-15-25-31(37-16-21)39-26(40)17-43-25/h7-16,29H,6,17H2,1-5H3,(H,37,39,40)/t29-/m0/s1. The lowest BCUT2D eigenvalue weighted by molar-refractivity contribution is -0.166. The van der Waals surface area contributed by atoms with Crippen molar-refractivity contribution in [2.45, 2.75) is 46.3 Å². The molecule has 4 heterocycles. The number of benzene rings is 2. The highest BCUT2D eigenvalue weighted by Crippen LogP contribution is 2.45. The predicted molar refractivity (Wildman–Crippen MR) is 176 cm³/mol. The van der Waals surface area contributed by atoms with Crippen LogP contribution in [0.3, 0.4) is 0 Å². The van der Waals surface area contributed by atoms with Crippen LogP contribution in [0.1, 0.15) is 44.9 Å². The molecule has 1 aliphatic rings. The molecule has 11 heteroatoms. The Balaban J connectivity index is 1.50. The molecule has 1 N–H and O–H groups in total. The maximum Gasteiger partial charge on any atom is 0.339 e. The molecule has 1 atom stereocenters. The molecule has 9 nitrogen and oxygen atoms in total. The van der Waals surface area contributed by atoms with Gasteiger partial charge in [0.15, 0.2) is 24.3 Å². The first-order valence-corrected chi connectivity index (χ1v) is 15.6. The number of esters is 1. The number of nitrogens with one attached hydrogen (secondary N) is 1. The van der Waals surface area contributed by atoms with Crippen molar-refractivity contribution in [1.29, 1.82) is 0 Å². The average Bonchev–Trinajstić information content (AvgIpc) is 3.43. The zero-order chi connectivity index (χ0) is 31.9. The zero-order valence-electron chi connectivity index (χ0n) is 25.4. The van der Waals surface area contributed by atoms with Gasteiger partial charge in [0.1, 0.15) is 5.01 Å². The fourth-order valence-corrected chi connectivity index (χ4v) is 6.44. The van der Waals surface area contributed by atoms with Crippen LogP contribution in [0.25, 0.3) is 43.2 Å². The van der Waals surface area contributed by atoms with Crippen LogP contribution in [0.4, 0.5) is 5.82 Å². The summed E-state index contributed by atoms with van der Waals surface area (Å²) in [7, 11) is 0. The molecule has 230 valence electrons. The van der Waals surface area contributed by atoms with Crippen molar-refractivity contribution < 1.29 is 23.8 Å². The highest BCUT2D eigenvalue weighted by Gasteiger charge is 2.33. The number of anilines is 1. The first-order chi connectivity index (χ1) is 21.5. The van der Waals surface area contributed by atoms with Crippen LogP contribution in [0.5, 0.6) is 5.75 Å². The Morgan fingerprint density at radius 2 is 1.87 bits per heavy atom. The third kappa shape index (κ3) is 6.40. The van der Waals surface area contributed by atoms with E-state index in [1.807, 2.05) is 76.2 Å². The molecule has 0 saturated carbocycles. The van der Waals surface area contributed by atoms with Crippen LogP contribution in [0, 0.1) is 6.92 Å². The summed E-state index contributed by atoms with van der Waals surface area (Å²) in [6.07, 6.45) is 2.42. The molecule has 1 amide bonds. The van der Waals surface area contributed by atoms with E-state index < -0.39 is 17.7 Å². The Bertz CT molecular complexity index is 1930. The summed E-state index contributed by atoms with van der Waals surface area (Å²) >= 11 is 7.80. The van der Waals surface area contributed by atoms with Gasteiger partial charge in [0, 0.05) is 39.7 Å². The van der Waals surface area contributed by atoms with Gasteiger partial charge in [-0.2, -0.15) is 0 Å². The molecule has 1 aliphatic heterocycles. The highest BCUT2D eigenvalue weighted by atomic mass is 35.5. The lowest BCUT2D eigenvalue weighted by atomic mass is 9.91. The van der Waals surface area contributed by atoms with Gasteiger partial charge >= 0.3 is 5.97 Å². The molecule has 45 heavy (non-hydrogen) atoms.